The van der Waals surface area contributed by atoms with Crippen LogP contribution >= 0.6 is 12.4 Å². The van der Waals surface area contributed by atoms with Crippen molar-refractivity contribution in [2.24, 2.45) is 0 Å². The van der Waals surface area contributed by atoms with Crippen LogP contribution in [0.5, 0.6) is 5.75 Å². The summed E-state index contributed by atoms with van der Waals surface area (Å²) in [6, 6.07) is 11.5. The normalized spacial score (nSPS) is 10.6. The number of benzene rings is 1. The Bertz CT molecular complexity index is 639. The van der Waals surface area contributed by atoms with E-state index in [0.717, 1.165) is 5.75 Å². The van der Waals surface area contributed by atoms with E-state index >= 15 is 0 Å². The molecule has 130 valence electrons. The van der Waals surface area contributed by atoms with Gasteiger partial charge in [0.2, 0.25) is 0 Å². The van der Waals surface area contributed by atoms with Gasteiger partial charge in [-0.2, -0.15) is 0 Å². The molecule has 0 saturated heterocycles. The van der Waals surface area contributed by atoms with Gasteiger partial charge in [-0.3, -0.25) is 4.98 Å². The number of ether oxygens (including phenoxy) is 2. The molecule has 24 heavy (non-hydrogen) atoms. The average molecular weight is 350 g/mol. The highest BCUT2D eigenvalue weighted by atomic mass is 35.5. The summed E-state index contributed by atoms with van der Waals surface area (Å²) in [6.07, 6.45) is 3.76. The zero-order valence-corrected chi connectivity index (χ0v) is 15.1. The number of esters is 1. The first-order chi connectivity index (χ1) is 11.0. The summed E-state index contributed by atoms with van der Waals surface area (Å²) < 4.78 is 10.9. The van der Waals surface area contributed by atoms with Gasteiger partial charge in [-0.25, -0.2) is 4.79 Å². The Balaban J connectivity index is 0.00000288. The Morgan fingerprint density at radius 2 is 1.92 bits per heavy atom. The lowest BCUT2D eigenvalue weighted by Crippen LogP contribution is -2.12. The fourth-order valence-electron chi connectivity index (χ4n) is 2.03. The molecule has 0 amide bonds. The number of hydrogen-bond acceptors (Lipinski definition) is 4. The third-order valence-electron chi connectivity index (χ3n) is 3.39. The first kappa shape index (κ1) is 20.0. The average Bonchev–Trinajstić information content (AvgIpc) is 2.54. The summed E-state index contributed by atoms with van der Waals surface area (Å²) in [5, 5.41) is 0. The maximum Gasteiger partial charge on any atom is 0.339 e. The summed E-state index contributed by atoms with van der Waals surface area (Å²) in [5.74, 6) is 0.490. The van der Waals surface area contributed by atoms with Crippen molar-refractivity contribution in [3.63, 3.8) is 0 Å². The lowest BCUT2D eigenvalue weighted by molar-refractivity contribution is 0.0485. The van der Waals surface area contributed by atoms with Crippen LogP contribution < -0.4 is 4.74 Å². The summed E-state index contributed by atoms with van der Waals surface area (Å²) in [4.78, 5) is 15.6. The van der Waals surface area contributed by atoms with Crippen LogP contribution in [0.1, 0.15) is 43.1 Å². The van der Waals surface area contributed by atoms with Crippen molar-refractivity contribution >= 4 is 18.4 Å². The molecule has 0 N–H and O–H groups in total. The smallest absolute Gasteiger partial charge is 0.339 e. The van der Waals surface area contributed by atoms with Crippen molar-refractivity contribution in [2.45, 2.75) is 32.6 Å². The molecule has 4 nitrogen and oxygen atoms in total. The highest BCUT2D eigenvalue weighted by Gasteiger charge is 2.13. The molecule has 0 spiro atoms. The summed E-state index contributed by atoms with van der Waals surface area (Å²) in [6.45, 7) is 7.35. The molecule has 0 atom stereocenters. The van der Waals surface area contributed by atoms with Crippen molar-refractivity contribution in [1.82, 2.24) is 4.98 Å². The molecule has 0 aliphatic heterocycles. The minimum Gasteiger partial charge on any atom is -0.493 e. The molecular formula is C19H24ClNO3. The number of aromatic nitrogens is 1. The van der Waals surface area contributed by atoms with E-state index < -0.39 is 0 Å². The first-order valence-corrected chi connectivity index (χ1v) is 7.77. The third-order valence-corrected chi connectivity index (χ3v) is 3.39. The molecule has 2 rings (SSSR count). The largest absolute Gasteiger partial charge is 0.493 e. The first-order valence-electron chi connectivity index (χ1n) is 7.77. The van der Waals surface area contributed by atoms with E-state index in [1.54, 1.807) is 18.3 Å². The molecule has 0 fully saturated rings. The van der Waals surface area contributed by atoms with Crippen molar-refractivity contribution < 1.29 is 14.3 Å². The quantitative estimate of drug-likeness (QED) is 0.572. The molecule has 1 aromatic carbocycles. The molecule has 2 aromatic rings. The van der Waals surface area contributed by atoms with E-state index in [0.29, 0.717) is 25.2 Å². The number of hydrogen-bond donors (Lipinski definition) is 0. The van der Waals surface area contributed by atoms with Crippen LogP contribution in [0, 0.1) is 0 Å². The minimum atomic E-state index is -0.354. The Kier molecular flexibility index (Phi) is 7.72. The van der Waals surface area contributed by atoms with Crippen LogP contribution in [-0.4, -0.2) is 24.2 Å². The van der Waals surface area contributed by atoms with Crippen LogP contribution in [-0.2, 0) is 10.2 Å². The number of carbonyl (C=O) groups is 1. The van der Waals surface area contributed by atoms with Gasteiger partial charge < -0.3 is 9.47 Å². The third kappa shape index (κ3) is 6.20. The van der Waals surface area contributed by atoms with Gasteiger partial charge in [-0.1, -0.05) is 32.9 Å². The Morgan fingerprint density at radius 3 is 2.58 bits per heavy atom. The number of nitrogens with zero attached hydrogens (tertiary/aromatic N) is 1. The lowest BCUT2D eigenvalue weighted by atomic mass is 9.87. The van der Waals surface area contributed by atoms with E-state index in [9.17, 15) is 4.79 Å². The molecule has 0 bridgehead atoms. The van der Waals surface area contributed by atoms with Gasteiger partial charge in [-0.05, 0) is 35.2 Å². The van der Waals surface area contributed by atoms with E-state index in [1.165, 1.54) is 11.8 Å². The molecule has 0 saturated carbocycles. The van der Waals surface area contributed by atoms with Gasteiger partial charge in [0.25, 0.3) is 0 Å². The zero-order valence-electron chi connectivity index (χ0n) is 14.3. The molecule has 1 heterocycles. The molecule has 1 aromatic heterocycles. The van der Waals surface area contributed by atoms with Crippen molar-refractivity contribution in [2.75, 3.05) is 13.2 Å². The molecular weight excluding hydrogens is 326 g/mol. The molecule has 0 aliphatic rings. The number of rotatable bonds is 6. The fourth-order valence-corrected chi connectivity index (χ4v) is 2.03. The van der Waals surface area contributed by atoms with Gasteiger partial charge in [0, 0.05) is 18.8 Å². The van der Waals surface area contributed by atoms with Crippen molar-refractivity contribution in [1.29, 1.82) is 0 Å². The van der Waals surface area contributed by atoms with E-state index in [1.807, 2.05) is 12.1 Å². The van der Waals surface area contributed by atoms with Gasteiger partial charge in [0.1, 0.15) is 5.75 Å². The number of halogens is 1. The van der Waals surface area contributed by atoms with Gasteiger partial charge in [0.15, 0.2) is 0 Å². The number of carbonyl (C=O) groups excluding carboxylic acids is 1. The van der Waals surface area contributed by atoms with Crippen LogP contribution in [0.4, 0.5) is 0 Å². The Morgan fingerprint density at radius 1 is 1.12 bits per heavy atom. The van der Waals surface area contributed by atoms with Crippen LogP contribution in [0.2, 0.25) is 0 Å². The predicted molar refractivity (Wildman–Crippen MR) is 97.0 cm³/mol. The van der Waals surface area contributed by atoms with Crippen LogP contribution in [0.15, 0.2) is 48.8 Å². The van der Waals surface area contributed by atoms with Crippen molar-refractivity contribution in [3.05, 3.63) is 59.9 Å². The van der Waals surface area contributed by atoms with E-state index in [-0.39, 0.29) is 23.8 Å². The molecule has 0 unspecified atom stereocenters. The standard InChI is InChI=1S/C19H23NO3.ClH/c1-19(2,3)16-8-4-9-17(13-16)22-11-6-12-23-18(21)15-7-5-10-20-14-15;/h4-5,7-10,13-14H,6,11-12H2,1-3H3;1H. The maximum atomic E-state index is 11.7. The van der Waals surface area contributed by atoms with Crippen molar-refractivity contribution in [3.8, 4) is 5.75 Å². The van der Waals surface area contributed by atoms with Gasteiger partial charge >= 0.3 is 5.97 Å². The minimum absolute atomic E-state index is 0. The second kappa shape index (κ2) is 9.28. The summed E-state index contributed by atoms with van der Waals surface area (Å²) in [7, 11) is 0. The zero-order chi connectivity index (χ0) is 16.7. The van der Waals surface area contributed by atoms with Crippen LogP contribution in [0.25, 0.3) is 0 Å². The topological polar surface area (TPSA) is 48.4 Å². The lowest BCUT2D eigenvalue weighted by Gasteiger charge is -2.19. The Labute approximate surface area is 149 Å². The predicted octanol–water partition coefficient (Wildman–Crippen LogP) is 4.43. The summed E-state index contributed by atoms with van der Waals surface area (Å²) >= 11 is 0. The van der Waals surface area contributed by atoms with Gasteiger partial charge in [0.05, 0.1) is 18.8 Å². The Hall–Kier alpha value is -2.07. The second-order valence-electron chi connectivity index (χ2n) is 6.36. The number of pyridine rings is 1. The fraction of sp³-hybridized carbons (Fsp3) is 0.368. The van der Waals surface area contributed by atoms with E-state index in [2.05, 4.69) is 37.9 Å². The maximum absolute atomic E-state index is 11.7. The second-order valence-corrected chi connectivity index (χ2v) is 6.36. The SMILES string of the molecule is CC(C)(C)c1cccc(OCCCOC(=O)c2cccnc2)c1.Cl. The molecule has 0 radical (unpaired) electrons. The highest BCUT2D eigenvalue weighted by molar-refractivity contribution is 5.88. The molecule has 0 aliphatic carbocycles. The highest BCUT2D eigenvalue weighted by Crippen LogP contribution is 2.25. The summed E-state index contributed by atoms with van der Waals surface area (Å²) in [5.41, 5.74) is 1.79. The van der Waals surface area contributed by atoms with Gasteiger partial charge in [-0.15, -0.1) is 12.4 Å². The van der Waals surface area contributed by atoms with Crippen LogP contribution in [0.3, 0.4) is 0 Å². The van der Waals surface area contributed by atoms with E-state index in [4.69, 9.17) is 9.47 Å². The molecule has 5 heteroatoms. The monoisotopic (exact) mass is 349 g/mol.